The topological polar surface area (TPSA) is 12.5 Å². The molecule has 0 amide bonds. The average Bonchev–Trinajstić information content (AvgIpc) is 2.76. The minimum absolute atomic E-state index is 0.158. The van der Waals surface area contributed by atoms with E-state index in [0.29, 0.717) is 0 Å². The summed E-state index contributed by atoms with van der Waals surface area (Å²) >= 11 is 0. The summed E-state index contributed by atoms with van der Waals surface area (Å²) in [4.78, 5) is 0. The Morgan fingerprint density at radius 1 is 1.55 bits per heavy atom. The maximum atomic E-state index is 12.7. The lowest BCUT2D eigenvalue weighted by molar-refractivity contribution is 0.414. The molecule has 0 unspecified atom stereocenters. The van der Waals surface area contributed by atoms with E-state index in [1.54, 1.807) is 12.1 Å². The van der Waals surface area contributed by atoms with E-state index in [4.69, 9.17) is 4.74 Å². The molecule has 1 saturated heterocycles. The Morgan fingerprint density at radius 2 is 2.27 bits per heavy atom. The molecule has 0 radical (unpaired) electrons. The number of hydrogen-bond donors (Lipinski definition) is 0. The van der Waals surface area contributed by atoms with Gasteiger partial charge in [0, 0.05) is 0 Å². The Balaban J connectivity index is 2.42. The monoisotopic (exact) mass is 152 g/mol. The van der Waals surface area contributed by atoms with Crippen LogP contribution in [-0.2, 0) is 4.74 Å². The van der Waals surface area contributed by atoms with E-state index in [-0.39, 0.29) is 11.9 Å². The van der Waals surface area contributed by atoms with Crippen LogP contribution in [-0.4, -0.2) is 6.61 Å². The van der Waals surface area contributed by atoms with Gasteiger partial charge < -0.3 is 4.74 Å². The fourth-order valence-electron chi connectivity index (χ4n) is 1.19. The van der Waals surface area contributed by atoms with Crippen LogP contribution >= 0.6 is 0 Å². The highest BCUT2D eigenvalue weighted by molar-refractivity contribution is 5.30. The van der Waals surface area contributed by atoms with Crippen LogP contribution in [0.5, 0.6) is 0 Å². The number of hydrogen-bond acceptors (Lipinski definition) is 1. The van der Waals surface area contributed by atoms with Crippen molar-refractivity contribution in [2.24, 2.45) is 0 Å². The Kier molecular flexibility index (Phi) is 1.43. The predicted molar refractivity (Wildman–Crippen MR) is 39.8 cm³/mol. The quantitative estimate of drug-likeness (QED) is 0.562. The van der Waals surface area contributed by atoms with E-state index in [1.807, 2.05) is 6.92 Å². The molecule has 1 aliphatic heterocycles. The van der Waals surface area contributed by atoms with Gasteiger partial charge in [-0.15, -0.1) is 0 Å². The van der Waals surface area contributed by atoms with Crippen molar-refractivity contribution in [1.29, 1.82) is 0 Å². The van der Waals surface area contributed by atoms with Gasteiger partial charge in [-0.3, -0.25) is 0 Å². The van der Waals surface area contributed by atoms with Gasteiger partial charge in [-0.05, 0) is 30.2 Å². The van der Waals surface area contributed by atoms with Gasteiger partial charge in [0.25, 0.3) is 0 Å². The van der Waals surface area contributed by atoms with Gasteiger partial charge in [-0.25, -0.2) is 4.39 Å². The van der Waals surface area contributed by atoms with Crippen LogP contribution in [0.2, 0.25) is 0 Å². The molecule has 2 heteroatoms. The zero-order valence-corrected chi connectivity index (χ0v) is 6.30. The van der Waals surface area contributed by atoms with E-state index in [0.717, 1.165) is 17.7 Å². The molecule has 0 saturated carbocycles. The molecule has 0 bridgehead atoms. The van der Waals surface area contributed by atoms with Crippen molar-refractivity contribution in [3.63, 3.8) is 0 Å². The van der Waals surface area contributed by atoms with Crippen molar-refractivity contribution >= 4 is 0 Å². The molecule has 1 nitrogen and oxygen atoms in total. The van der Waals surface area contributed by atoms with Gasteiger partial charge in [0.1, 0.15) is 11.9 Å². The lowest BCUT2D eigenvalue weighted by Crippen LogP contribution is -1.87. The van der Waals surface area contributed by atoms with Crippen molar-refractivity contribution in [1.82, 2.24) is 0 Å². The van der Waals surface area contributed by atoms with E-state index < -0.39 is 0 Å². The second-order valence-corrected chi connectivity index (χ2v) is 2.82. The summed E-state index contributed by atoms with van der Waals surface area (Å²) in [7, 11) is 0. The van der Waals surface area contributed by atoms with E-state index in [2.05, 4.69) is 0 Å². The van der Waals surface area contributed by atoms with Crippen molar-refractivity contribution in [3.8, 4) is 0 Å². The molecule has 0 N–H and O–H groups in total. The van der Waals surface area contributed by atoms with E-state index >= 15 is 0 Å². The van der Waals surface area contributed by atoms with E-state index in [1.165, 1.54) is 6.07 Å². The van der Waals surface area contributed by atoms with Crippen molar-refractivity contribution in [2.75, 3.05) is 6.61 Å². The SMILES string of the molecule is Cc1ccc(F)cc1[C@H]1CO1. The number of ether oxygens (including phenoxy) is 1. The first-order chi connectivity index (χ1) is 5.27. The zero-order chi connectivity index (χ0) is 7.84. The van der Waals surface area contributed by atoms with E-state index in [9.17, 15) is 4.39 Å². The van der Waals surface area contributed by atoms with Gasteiger partial charge >= 0.3 is 0 Å². The number of benzene rings is 1. The summed E-state index contributed by atoms with van der Waals surface area (Å²) in [5.74, 6) is -0.180. The lowest BCUT2D eigenvalue weighted by atomic mass is 10.1. The van der Waals surface area contributed by atoms with Gasteiger partial charge in [-0.1, -0.05) is 6.07 Å². The molecule has 0 aliphatic carbocycles. The number of halogens is 1. The summed E-state index contributed by atoms with van der Waals surface area (Å²) in [5.41, 5.74) is 2.10. The highest BCUT2D eigenvalue weighted by atomic mass is 19.1. The van der Waals surface area contributed by atoms with Crippen LogP contribution < -0.4 is 0 Å². The molecule has 1 aliphatic rings. The molecule has 2 rings (SSSR count). The molecular formula is C9H9FO. The first-order valence-electron chi connectivity index (χ1n) is 3.65. The Morgan fingerprint density at radius 3 is 2.91 bits per heavy atom. The largest absolute Gasteiger partial charge is 0.368 e. The summed E-state index contributed by atoms with van der Waals surface area (Å²) in [5, 5.41) is 0. The van der Waals surface area contributed by atoms with Crippen LogP contribution in [0.15, 0.2) is 18.2 Å². The van der Waals surface area contributed by atoms with Crippen LogP contribution in [0.4, 0.5) is 4.39 Å². The van der Waals surface area contributed by atoms with Gasteiger partial charge in [0.15, 0.2) is 0 Å². The third-order valence-electron chi connectivity index (χ3n) is 1.92. The molecule has 11 heavy (non-hydrogen) atoms. The predicted octanol–water partition coefficient (Wildman–Crippen LogP) is 2.21. The normalized spacial score (nSPS) is 21.8. The first kappa shape index (κ1) is 6.80. The average molecular weight is 152 g/mol. The molecule has 1 aromatic rings. The number of aryl methyl sites for hydroxylation is 1. The van der Waals surface area contributed by atoms with Crippen LogP contribution in [0.3, 0.4) is 0 Å². The van der Waals surface area contributed by atoms with Crippen LogP contribution in [0.1, 0.15) is 17.2 Å². The molecule has 1 aromatic carbocycles. The standard InChI is InChI=1S/C9H9FO/c1-6-2-3-7(10)4-8(6)9-5-11-9/h2-4,9H,5H2,1H3/t9-/m1/s1. The minimum Gasteiger partial charge on any atom is -0.368 e. The first-order valence-corrected chi connectivity index (χ1v) is 3.65. The third kappa shape index (κ3) is 1.26. The second kappa shape index (κ2) is 2.31. The Hall–Kier alpha value is -0.890. The Bertz CT molecular complexity index is 279. The second-order valence-electron chi connectivity index (χ2n) is 2.82. The maximum absolute atomic E-state index is 12.7. The summed E-state index contributed by atoms with van der Waals surface area (Å²) < 4.78 is 17.7. The number of rotatable bonds is 1. The Labute approximate surface area is 64.8 Å². The van der Waals surface area contributed by atoms with Crippen molar-refractivity contribution < 1.29 is 9.13 Å². The van der Waals surface area contributed by atoms with Crippen LogP contribution in [0, 0.1) is 12.7 Å². The van der Waals surface area contributed by atoms with Gasteiger partial charge in [0.2, 0.25) is 0 Å². The highest BCUT2D eigenvalue weighted by Gasteiger charge is 2.26. The van der Waals surface area contributed by atoms with Crippen molar-refractivity contribution in [3.05, 3.63) is 35.1 Å². The van der Waals surface area contributed by atoms with Gasteiger partial charge in [0.05, 0.1) is 6.61 Å². The smallest absolute Gasteiger partial charge is 0.123 e. The van der Waals surface area contributed by atoms with Gasteiger partial charge in [-0.2, -0.15) is 0 Å². The summed E-state index contributed by atoms with van der Waals surface area (Å²) in [6, 6.07) is 4.81. The molecule has 1 fully saturated rings. The van der Waals surface area contributed by atoms with Crippen molar-refractivity contribution in [2.45, 2.75) is 13.0 Å². The molecule has 0 spiro atoms. The fraction of sp³-hybridized carbons (Fsp3) is 0.333. The molecule has 58 valence electrons. The maximum Gasteiger partial charge on any atom is 0.123 e. The molecule has 1 heterocycles. The molecular weight excluding hydrogens is 143 g/mol. The highest BCUT2D eigenvalue weighted by Crippen LogP contribution is 2.32. The van der Waals surface area contributed by atoms with Crippen LogP contribution in [0.25, 0.3) is 0 Å². The number of epoxide rings is 1. The third-order valence-corrected chi connectivity index (χ3v) is 1.92. The lowest BCUT2D eigenvalue weighted by Gasteiger charge is -2.00. The molecule has 1 atom stereocenters. The zero-order valence-electron chi connectivity index (χ0n) is 6.30. The minimum atomic E-state index is -0.180. The summed E-state index contributed by atoms with van der Waals surface area (Å²) in [6.07, 6.45) is 0.158. The fourth-order valence-corrected chi connectivity index (χ4v) is 1.19. The molecule has 0 aromatic heterocycles. The summed E-state index contributed by atoms with van der Waals surface area (Å²) in [6.45, 7) is 2.71.